The molecule has 0 aromatic heterocycles. The van der Waals surface area contributed by atoms with Crippen LogP contribution in [-0.2, 0) is 9.53 Å². The Balaban J connectivity index is 0.00000312. The van der Waals surface area contributed by atoms with E-state index in [2.05, 4.69) is 34.0 Å². The number of ether oxygens (including phenoxy) is 1. The molecule has 0 aliphatic carbocycles. The summed E-state index contributed by atoms with van der Waals surface area (Å²) in [6, 6.07) is 0. The average molecular weight is 466 g/mol. The Labute approximate surface area is 169 Å². The number of methoxy groups -OCH3 is 1. The first-order valence-corrected chi connectivity index (χ1v) is 9.34. The number of carbonyl (C=O) groups is 1. The second-order valence-corrected chi connectivity index (χ2v) is 7.23. The number of piperidine rings is 1. The number of guanidine groups is 1. The third-order valence-corrected chi connectivity index (χ3v) is 5.42. The summed E-state index contributed by atoms with van der Waals surface area (Å²) in [4.78, 5) is 21.0. The molecule has 2 unspecified atom stereocenters. The molecule has 0 aromatic rings. The van der Waals surface area contributed by atoms with Gasteiger partial charge >= 0.3 is 5.97 Å². The van der Waals surface area contributed by atoms with Gasteiger partial charge in [-0.2, -0.15) is 0 Å². The van der Waals surface area contributed by atoms with Gasteiger partial charge in [0.25, 0.3) is 0 Å². The smallest absolute Gasteiger partial charge is 0.310 e. The molecule has 0 radical (unpaired) electrons. The first kappa shape index (κ1) is 22.5. The van der Waals surface area contributed by atoms with Gasteiger partial charge in [0.15, 0.2) is 5.96 Å². The molecule has 0 aromatic carbocycles. The Hall–Kier alpha value is -0.570. The largest absolute Gasteiger partial charge is 0.469 e. The molecule has 2 saturated heterocycles. The van der Waals surface area contributed by atoms with Crippen molar-refractivity contribution < 1.29 is 9.53 Å². The maximum absolute atomic E-state index is 11.9. The van der Waals surface area contributed by atoms with Crippen LogP contribution in [0.1, 0.15) is 33.1 Å². The van der Waals surface area contributed by atoms with Gasteiger partial charge in [-0.25, -0.2) is 0 Å². The molecule has 2 atom stereocenters. The molecule has 6 nitrogen and oxygen atoms in total. The number of rotatable bonds is 5. The van der Waals surface area contributed by atoms with E-state index >= 15 is 0 Å². The Bertz CT molecular complexity index is 439. The van der Waals surface area contributed by atoms with Gasteiger partial charge in [-0.3, -0.25) is 9.79 Å². The van der Waals surface area contributed by atoms with Crippen LogP contribution in [0.15, 0.2) is 4.99 Å². The Morgan fingerprint density at radius 3 is 2.52 bits per heavy atom. The lowest BCUT2D eigenvalue weighted by Crippen LogP contribution is -2.44. The third kappa shape index (κ3) is 6.27. The quantitative estimate of drug-likeness (QED) is 0.291. The van der Waals surface area contributed by atoms with Gasteiger partial charge in [0.2, 0.25) is 0 Å². The zero-order valence-corrected chi connectivity index (χ0v) is 18.5. The van der Waals surface area contributed by atoms with Gasteiger partial charge < -0.3 is 19.9 Å². The van der Waals surface area contributed by atoms with E-state index in [1.165, 1.54) is 46.0 Å². The first-order valence-electron chi connectivity index (χ1n) is 9.34. The Morgan fingerprint density at radius 1 is 1.28 bits per heavy atom. The van der Waals surface area contributed by atoms with Crippen LogP contribution in [0, 0.1) is 17.8 Å². The summed E-state index contributed by atoms with van der Waals surface area (Å²) >= 11 is 0. The molecule has 2 aliphatic rings. The van der Waals surface area contributed by atoms with Crippen LogP contribution in [0.3, 0.4) is 0 Å². The molecule has 0 bridgehead atoms. The zero-order valence-electron chi connectivity index (χ0n) is 16.2. The fraction of sp³-hybridized carbons (Fsp3) is 0.889. The number of nitrogens with one attached hydrogen (secondary N) is 1. The van der Waals surface area contributed by atoms with E-state index in [1.807, 2.05) is 7.05 Å². The third-order valence-electron chi connectivity index (χ3n) is 5.42. The van der Waals surface area contributed by atoms with Crippen LogP contribution in [0.5, 0.6) is 0 Å². The fourth-order valence-corrected chi connectivity index (χ4v) is 3.90. The van der Waals surface area contributed by atoms with Crippen molar-refractivity contribution in [2.75, 3.05) is 53.4 Å². The van der Waals surface area contributed by atoms with Crippen LogP contribution in [0.2, 0.25) is 0 Å². The van der Waals surface area contributed by atoms with E-state index in [4.69, 9.17) is 4.74 Å². The molecule has 0 amide bonds. The summed E-state index contributed by atoms with van der Waals surface area (Å²) < 4.78 is 4.92. The molecule has 2 heterocycles. The minimum atomic E-state index is -0.108. The van der Waals surface area contributed by atoms with Gasteiger partial charge in [-0.1, -0.05) is 13.8 Å². The number of carbonyl (C=O) groups excluding carboxylic acids is 1. The first-order chi connectivity index (χ1) is 11.6. The zero-order chi connectivity index (χ0) is 17.5. The molecule has 2 rings (SSSR count). The average Bonchev–Trinajstić information content (AvgIpc) is 2.98. The summed E-state index contributed by atoms with van der Waals surface area (Å²) in [6.07, 6.45) is 3.75. The summed E-state index contributed by atoms with van der Waals surface area (Å²) in [5, 5.41) is 3.53. The minimum Gasteiger partial charge on any atom is -0.469 e. The Morgan fingerprint density at radius 2 is 1.96 bits per heavy atom. The highest BCUT2D eigenvalue weighted by Crippen LogP contribution is 2.24. The van der Waals surface area contributed by atoms with Crippen LogP contribution in [0.4, 0.5) is 0 Å². The van der Waals surface area contributed by atoms with E-state index in [0.29, 0.717) is 18.4 Å². The number of esters is 1. The normalized spacial score (nSPS) is 25.6. The predicted molar refractivity (Wildman–Crippen MR) is 112 cm³/mol. The monoisotopic (exact) mass is 466 g/mol. The molecule has 2 fully saturated rings. The maximum Gasteiger partial charge on any atom is 0.310 e. The summed E-state index contributed by atoms with van der Waals surface area (Å²) in [6.45, 7) is 10.5. The van der Waals surface area contributed by atoms with Crippen molar-refractivity contribution in [3.05, 3.63) is 0 Å². The fourth-order valence-electron chi connectivity index (χ4n) is 3.90. The minimum absolute atomic E-state index is 0. The van der Waals surface area contributed by atoms with Crippen LogP contribution < -0.4 is 5.32 Å². The molecule has 7 heteroatoms. The van der Waals surface area contributed by atoms with Gasteiger partial charge in [0, 0.05) is 26.7 Å². The molecule has 146 valence electrons. The molecular formula is C18H35IN4O2. The van der Waals surface area contributed by atoms with Gasteiger partial charge in [0.05, 0.1) is 13.0 Å². The maximum atomic E-state index is 11.9. The van der Waals surface area contributed by atoms with Crippen LogP contribution in [0.25, 0.3) is 0 Å². The van der Waals surface area contributed by atoms with Crippen molar-refractivity contribution in [2.24, 2.45) is 22.7 Å². The van der Waals surface area contributed by atoms with Crippen LogP contribution >= 0.6 is 24.0 Å². The second kappa shape index (κ2) is 11.2. The van der Waals surface area contributed by atoms with Crippen LogP contribution in [-0.4, -0.2) is 75.2 Å². The molecule has 1 N–H and O–H groups in total. The molecule has 25 heavy (non-hydrogen) atoms. The molecule has 0 saturated carbocycles. The van der Waals surface area contributed by atoms with Crippen molar-refractivity contribution >= 4 is 35.9 Å². The molecule has 0 spiro atoms. The van der Waals surface area contributed by atoms with Crippen molar-refractivity contribution in [3.63, 3.8) is 0 Å². The summed E-state index contributed by atoms with van der Waals surface area (Å²) in [5.74, 6) is 1.78. The van der Waals surface area contributed by atoms with Gasteiger partial charge in [-0.05, 0) is 50.7 Å². The second-order valence-electron chi connectivity index (χ2n) is 7.23. The molecular weight excluding hydrogens is 431 g/mol. The van der Waals surface area contributed by atoms with Gasteiger partial charge in [0.1, 0.15) is 0 Å². The number of aliphatic imine (C=N–C) groups is 1. The summed E-state index contributed by atoms with van der Waals surface area (Å²) in [5.41, 5.74) is 0. The van der Waals surface area contributed by atoms with Crippen molar-refractivity contribution in [2.45, 2.75) is 33.1 Å². The van der Waals surface area contributed by atoms with Crippen molar-refractivity contribution in [3.8, 4) is 0 Å². The van der Waals surface area contributed by atoms with E-state index < -0.39 is 0 Å². The lowest BCUT2D eigenvalue weighted by molar-refractivity contribution is -0.145. The highest BCUT2D eigenvalue weighted by atomic mass is 127. The highest BCUT2D eigenvalue weighted by molar-refractivity contribution is 14.0. The highest BCUT2D eigenvalue weighted by Gasteiger charge is 2.37. The number of hydrogen-bond donors (Lipinski definition) is 1. The Kier molecular flexibility index (Phi) is 10.1. The lowest BCUT2D eigenvalue weighted by Gasteiger charge is -2.32. The number of nitrogens with zero attached hydrogens (tertiary/aromatic N) is 3. The van der Waals surface area contributed by atoms with E-state index in [-0.39, 0.29) is 35.9 Å². The number of halogens is 1. The SMILES string of the molecule is CCCN1CCC(CNC(=NC)N2CC(C)C(C(=O)OC)C2)CC1.I. The van der Waals surface area contributed by atoms with E-state index in [0.717, 1.165) is 19.0 Å². The predicted octanol–water partition coefficient (Wildman–Crippen LogP) is 2.04. The standard InChI is InChI=1S/C18H34N4O2.HI/c1-5-8-21-9-6-15(7-10-21)11-20-18(19-3)22-12-14(2)16(13-22)17(23)24-4;/h14-16H,5-13H2,1-4H3,(H,19,20);1H. The van der Waals surface area contributed by atoms with Gasteiger partial charge in [-0.15, -0.1) is 24.0 Å². The van der Waals surface area contributed by atoms with Crippen molar-refractivity contribution in [1.82, 2.24) is 15.1 Å². The van der Waals surface area contributed by atoms with E-state index in [9.17, 15) is 4.79 Å². The topological polar surface area (TPSA) is 57.2 Å². The summed E-state index contributed by atoms with van der Waals surface area (Å²) in [7, 11) is 3.29. The number of likely N-dealkylation sites (tertiary alicyclic amines) is 2. The van der Waals surface area contributed by atoms with Crippen molar-refractivity contribution in [1.29, 1.82) is 0 Å². The van der Waals surface area contributed by atoms with E-state index in [1.54, 1.807) is 0 Å². The molecule has 2 aliphatic heterocycles. The lowest BCUT2D eigenvalue weighted by atomic mass is 9.97. The number of hydrogen-bond acceptors (Lipinski definition) is 4.